The van der Waals surface area contributed by atoms with Crippen LogP contribution >= 0.6 is 11.6 Å². The average molecular weight is 543 g/mol. The van der Waals surface area contributed by atoms with Crippen LogP contribution in [0.15, 0.2) is 54.6 Å². The first-order valence-electron chi connectivity index (χ1n) is 14.3. The zero-order valence-electron chi connectivity index (χ0n) is 23.6. The molecule has 0 N–H and O–H groups in total. The Bertz CT molecular complexity index is 1370. The van der Waals surface area contributed by atoms with Gasteiger partial charge < -0.3 is 9.64 Å². The average Bonchev–Trinajstić information content (AvgIpc) is 2.93. The predicted molar refractivity (Wildman–Crippen MR) is 159 cm³/mol. The van der Waals surface area contributed by atoms with Gasteiger partial charge in [-0.2, -0.15) is 5.26 Å². The molecule has 0 aliphatic carbocycles. The summed E-state index contributed by atoms with van der Waals surface area (Å²) < 4.78 is 5.95. The Hall–Kier alpha value is -3.07. The van der Waals surface area contributed by atoms with Crippen LogP contribution in [-0.2, 0) is 12.0 Å². The van der Waals surface area contributed by atoms with Gasteiger partial charge in [0.15, 0.2) is 0 Å². The quantitative estimate of drug-likeness (QED) is 0.313. The minimum atomic E-state index is 0.0257. The molecule has 0 bridgehead atoms. The first-order chi connectivity index (χ1) is 18.9. The summed E-state index contributed by atoms with van der Waals surface area (Å²) in [6.45, 7) is 14.3. The number of pyridine rings is 1. The zero-order chi connectivity index (χ0) is 27.6. The lowest BCUT2D eigenvalue weighted by Gasteiger charge is -2.53. The summed E-state index contributed by atoms with van der Waals surface area (Å²) in [4.78, 5) is 10.3. The van der Waals surface area contributed by atoms with Crippen molar-refractivity contribution in [2.24, 2.45) is 11.8 Å². The van der Waals surface area contributed by atoms with E-state index in [2.05, 4.69) is 60.9 Å². The third-order valence-corrected chi connectivity index (χ3v) is 8.67. The normalized spacial score (nSPS) is 21.2. The molecule has 204 valence electrons. The predicted octanol–water partition coefficient (Wildman–Crippen LogP) is 7.32. The van der Waals surface area contributed by atoms with Gasteiger partial charge in [-0.3, -0.25) is 9.88 Å². The minimum Gasteiger partial charge on any atom is -0.493 e. The highest BCUT2D eigenvalue weighted by Crippen LogP contribution is 2.48. The number of fused-ring (bicyclic) bond motifs is 2. The number of ether oxygens (including phenoxy) is 1. The van der Waals surface area contributed by atoms with E-state index in [1.54, 1.807) is 6.07 Å². The smallest absolute Gasteiger partial charge is 0.128 e. The number of hydrogen-bond acceptors (Lipinski definition) is 5. The lowest BCUT2D eigenvalue weighted by molar-refractivity contribution is 0.0944. The highest BCUT2D eigenvalue weighted by atomic mass is 35.5. The molecule has 2 aliphatic rings. The molecule has 1 aromatic heterocycles. The summed E-state index contributed by atoms with van der Waals surface area (Å²) in [6, 6.07) is 20.8. The van der Waals surface area contributed by atoms with Crippen molar-refractivity contribution in [2.75, 3.05) is 37.7 Å². The summed E-state index contributed by atoms with van der Waals surface area (Å²) in [7, 11) is 0. The van der Waals surface area contributed by atoms with Crippen LogP contribution < -0.4 is 9.64 Å². The lowest BCUT2D eigenvalue weighted by atomic mass is 9.62. The van der Waals surface area contributed by atoms with Crippen molar-refractivity contribution in [3.05, 3.63) is 76.4 Å². The van der Waals surface area contributed by atoms with Gasteiger partial charge in [-0.05, 0) is 67.1 Å². The van der Waals surface area contributed by atoms with Gasteiger partial charge in [-0.1, -0.05) is 57.0 Å². The Labute approximate surface area is 238 Å². The fourth-order valence-corrected chi connectivity index (χ4v) is 7.00. The van der Waals surface area contributed by atoms with Gasteiger partial charge in [-0.15, -0.1) is 0 Å². The Balaban J connectivity index is 1.55. The number of piperidine rings is 1. The van der Waals surface area contributed by atoms with Gasteiger partial charge in [0.25, 0.3) is 0 Å². The molecule has 6 heteroatoms. The summed E-state index contributed by atoms with van der Waals surface area (Å²) in [6.07, 6.45) is 2.09. The van der Waals surface area contributed by atoms with Gasteiger partial charge in [-0.25, -0.2) is 0 Å². The molecule has 3 heterocycles. The summed E-state index contributed by atoms with van der Waals surface area (Å²) in [5, 5.41) is 10.4. The van der Waals surface area contributed by atoms with E-state index >= 15 is 0 Å². The van der Waals surface area contributed by atoms with Crippen LogP contribution in [0, 0.1) is 23.2 Å². The van der Waals surface area contributed by atoms with Crippen molar-refractivity contribution in [3.8, 4) is 23.1 Å². The number of nitriles is 1. The maximum absolute atomic E-state index is 9.80. The van der Waals surface area contributed by atoms with Crippen LogP contribution in [0.2, 0.25) is 5.02 Å². The second kappa shape index (κ2) is 11.6. The van der Waals surface area contributed by atoms with Crippen molar-refractivity contribution in [1.82, 2.24) is 9.88 Å². The van der Waals surface area contributed by atoms with Crippen LogP contribution in [0.3, 0.4) is 0 Å². The van der Waals surface area contributed by atoms with E-state index in [1.807, 2.05) is 31.2 Å². The molecule has 2 aliphatic heterocycles. The number of benzene rings is 2. The molecular weight excluding hydrogens is 504 g/mol. The van der Waals surface area contributed by atoms with Crippen LogP contribution in [0.4, 0.5) is 5.69 Å². The highest BCUT2D eigenvalue weighted by molar-refractivity contribution is 6.30. The fraction of sp³-hybridized carbons (Fsp3) is 0.455. The van der Waals surface area contributed by atoms with Crippen molar-refractivity contribution >= 4 is 17.3 Å². The van der Waals surface area contributed by atoms with Crippen molar-refractivity contribution in [3.63, 3.8) is 0 Å². The molecule has 39 heavy (non-hydrogen) atoms. The topological polar surface area (TPSA) is 52.4 Å². The van der Waals surface area contributed by atoms with Gasteiger partial charge in [0.05, 0.1) is 29.2 Å². The summed E-state index contributed by atoms with van der Waals surface area (Å²) in [5.41, 5.74) is 6.29. The minimum absolute atomic E-state index is 0.0257. The Kier molecular flexibility index (Phi) is 8.16. The van der Waals surface area contributed by atoms with Crippen LogP contribution in [0.25, 0.3) is 11.3 Å². The molecule has 1 fully saturated rings. The maximum atomic E-state index is 9.80. The lowest BCUT2D eigenvalue weighted by Crippen LogP contribution is -2.58. The number of halogens is 1. The molecule has 5 nitrogen and oxygen atoms in total. The van der Waals surface area contributed by atoms with Gasteiger partial charge in [0.1, 0.15) is 11.8 Å². The Morgan fingerprint density at radius 3 is 2.72 bits per heavy atom. The second-order valence-corrected chi connectivity index (χ2v) is 11.9. The largest absolute Gasteiger partial charge is 0.493 e. The van der Waals surface area contributed by atoms with E-state index in [4.69, 9.17) is 21.3 Å². The molecule has 1 spiro atoms. The first kappa shape index (κ1) is 27.5. The molecule has 2 atom stereocenters. The number of para-hydroxylation sites is 1. The number of anilines is 1. The highest BCUT2D eigenvalue weighted by Gasteiger charge is 2.48. The number of aromatic nitrogens is 1. The molecule has 3 aromatic rings. The van der Waals surface area contributed by atoms with Gasteiger partial charge >= 0.3 is 0 Å². The number of nitrogens with zero attached hydrogens (tertiary/aromatic N) is 4. The third kappa shape index (κ3) is 5.38. The molecule has 5 rings (SSSR count). The Morgan fingerprint density at radius 2 is 1.97 bits per heavy atom. The van der Waals surface area contributed by atoms with E-state index < -0.39 is 0 Å². The second-order valence-electron chi connectivity index (χ2n) is 11.4. The van der Waals surface area contributed by atoms with Crippen molar-refractivity contribution < 1.29 is 4.74 Å². The first-order valence-corrected chi connectivity index (χ1v) is 14.7. The summed E-state index contributed by atoms with van der Waals surface area (Å²) >= 11 is 6.22. The van der Waals surface area contributed by atoms with Crippen molar-refractivity contribution in [2.45, 2.75) is 52.5 Å². The van der Waals surface area contributed by atoms with E-state index in [1.165, 1.54) is 11.3 Å². The molecule has 2 aromatic carbocycles. The van der Waals surface area contributed by atoms with Gasteiger partial charge in [0, 0.05) is 48.7 Å². The van der Waals surface area contributed by atoms with E-state index in [-0.39, 0.29) is 5.41 Å². The van der Waals surface area contributed by atoms with Crippen molar-refractivity contribution in [1.29, 1.82) is 5.26 Å². The molecular formula is C33H39ClN4O. The van der Waals surface area contributed by atoms with E-state index in [0.29, 0.717) is 29.0 Å². The number of rotatable bonds is 7. The van der Waals surface area contributed by atoms with Gasteiger partial charge in [0.2, 0.25) is 0 Å². The summed E-state index contributed by atoms with van der Waals surface area (Å²) in [5.74, 6) is 1.90. The maximum Gasteiger partial charge on any atom is 0.128 e. The van der Waals surface area contributed by atoms with Crippen LogP contribution in [0.5, 0.6) is 5.75 Å². The molecule has 0 radical (unpaired) electrons. The standard InChI is InChI=1S/C33H39ClN4O/c1-5-25-20-38(31-14-11-26(34)17-24(31)18-35)16-15-33(25)22-37(19-23(3)4)21-30-28(33)12-13-29(36-30)27-9-7-8-10-32(27)39-6-2/h7-14,17,23,25H,5-6,15-16,19-22H2,1-4H3. The van der Waals surface area contributed by atoms with E-state index in [9.17, 15) is 5.26 Å². The van der Waals surface area contributed by atoms with Crippen LogP contribution in [-0.4, -0.2) is 42.7 Å². The van der Waals surface area contributed by atoms with Crippen LogP contribution in [0.1, 0.15) is 57.4 Å². The SMILES string of the molecule is CCOc1ccccc1-c1ccc2c(n1)CN(CC(C)C)CC21CCN(c2ccc(Cl)cc2C#N)CC1CC. The van der Waals surface area contributed by atoms with E-state index in [0.717, 1.165) is 68.3 Å². The molecule has 1 saturated heterocycles. The third-order valence-electron chi connectivity index (χ3n) is 8.44. The molecule has 0 saturated carbocycles. The monoisotopic (exact) mass is 542 g/mol. The fourth-order valence-electron chi connectivity index (χ4n) is 6.83. The number of hydrogen-bond donors (Lipinski definition) is 0. The molecule has 2 unspecified atom stereocenters. The zero-order valence-corrected chi connectivity index (χ0v) is 24.3. The Morgan fingerprint density at radius 1 is 1.15 bits per heavy atom. The molecule has 0 amide bonds.